The van der Waals surface area contributed by atoms with Crippen LogP contribution in [0.15, 0.2) is 54.6 Å². The van der Waals surface area contributed by atoms with Crippen molar-refractivity contribution in [2.75, 3.05) is 25.0 Å². The van der Waals surface area contributed by atoms with Crippen molar-refractivity contribution in [1.82, 2.24) is 4.90 Å². The molecule has 0 unspecified atom stereocenters. The number of halogens is 3. The van der Waals surface area contributed by atoms with Crippen LogP contribution in [0.25, 0.3) is 0 Å². The second-order valence-corrected chi connectivity index (χ2v) is 7.08. The molecule has 26 heavy (non-hydrogen) atoms. The molecule has 0 bridgehead atoms. The third-order valence-electron chi connectivity index (χ3n) is 4.76. The van der Waals surface area contributed by atoms with Crippen molar-refractivity contribution in [2.45, 2.75) is 31.2 Å². The number of β-amino-alcohol motifs (C(OH)–C–C–N with tert-alkyl or cyclic N) is 1. The molecule has 6 heteroatoms. The van der Waals surface area contributed by atoms with Gasteiger partial charge in [-0.1, -0.05) is 30.3 Å². The second kappa shape index (κ2) is 7.29. The number of hydrogen-bond acceptors (Lipinski definition) is 3. The Kier molecular flexibility index (Phi) is 5.25. The molecule has 2 atom stereocenters. The summed E-state index contributed by atoms with van der Waals surface area (Å²) in [5.41, 5.74) is -0.751. The number of nitrogens with zero attached hydrogens (tertiary/aromatic N) is 1. The number of alkyl halides is 3. The van der Waals surface area contributed by atoms with Crippen LogP contribution in [-0.2, 0) is 11.8 Å². The van der Waals surface area contributed by atoms with Crippen LogP contribution in [0.3, 0.4) is 0 Å². The molecule has 2 aromatic carbocycles. The smallest absolute Gasteiger partial charge is 0.384 e. The van der Waals surface area contributed by atoms with E-state index in [1.807, 2.05) is 30.3 Å². The topological polar surface area (TPSA) is 35.5 Å². The third kappa shape index (κ3) is 4.56. The molecule has 1 aliphatic heterocycles. The predicted molar refractivity (Wildman–Crippen MR) is 95.9 cm³/mol. The molecule has 3 nitrogen and oxygen atoms in total. The number of hydrogen-bond donors (Lipinski definition) is 2. The van der Waals surface area contributed by atoms with E-state index in [1.165, 1.54) is 6.07 Å². The molecule has 0 aromatic heterocycles. The molecule has 0 spiro atoms. The van der Waals surface area contributed by atoms with Crippen molar-refractivity contribution >= 4 is 5.69 Å². The molecule has 3 rings (SSSR count). The maximum atomic E-state index is 12.9. The Balaban J connectivity index is 1.63. The van der Waals surface area contributed by atoms with Crippen molar-refractivity contribution in [3.05, 3.63) is 65.7 Å². The Hall–Kier alpha value is -2.05. The fraction of sp³-hybridized carbons (Fsp3) is 0.400. The molecule has 0 amide bonds. The molecule has 140 valence electrons. The van der Waals surface area contributed by atoms with E-state index in [2.05, 4.69) is 10.2 Å². The Morgan fingerprint density at radius 3 is 2.46 bits per heavy atom. The van der Waals surface area contributed by atoms with E-state index in [-0.39, 0.29) is 11.6 Å². The number of anilines is 1. The normalized spacial score (nSPS) is 20.7. The highest BCUT2D eigenvalue weighted by molar-refractivity contribution is 5.43. The van der Waals surface area contributed by atoms with Crippen LogP contribution in [0, 0.1) is 0 Å². The van der Waals surface area contributed by atoms with Crippen LogP contribution in [-0.4, -0.2) is 35.7 Å². The third-order valence-corrected chi connectivity index (χ3v) is 4.76. The molecule has 1 saturated heterocycles. The standard InChI is InChI=1S/C20H23F3N2O/c1-19(26,15-6-5-7-16(12-15)20(21,22)23)14-25-11-10-18(13-25)24-17-8-3-2-4-9-17/h2-9,12,18,24,26H,10-11,13-14H2,1H3/t18-,19-/m0/s1. The zero-order valence-corrected chi connectivity index (χ0v) is 14.6. The Morgan fingerprint density at radius 1 is 1.08 bits per heavy atom. The molecule has 2 N–H and O–H groups in total. The lowest BCUT2D eigenvalue weighted by Gasteiger charge is -2.30. The van der Waals surface area contributed by atoms with Gasteiger partial charge in [0, 0.05) is 31.4 Å². The summed E-state index contributed by atoms with van der Waals surface area (Å²) in [5.74, 6) is 0. The average molecular weight is 364 g/mol. The van der Waals surface area contributed by atoms with Crippen molar-refractivity contribution in [1.29, 1.82) is 0 Å². The Morgan fingerprint density at radius 2 is 1.77 bits per heavy atom. The van der Waals surface area contributed by atoms with Gasteiger partial charge in [-0.25, -0.2) is 0 Å². The molecular weight excluding hydrogens is 341 g/mol. The zero-order chi connectivity index (χ0) is 18.8. The van der Waals surface area contributed by atoms with E-state index < -0.39 is 17.3 Å². The number of aliphatic hydroxyl groups is 1. The van der Waals surface area contributed by atoms with E-state index in [4.69, 9.17) is 0 Å². The Labute approximate surface area is 151 Å². The van der Waals surface area contributed by atoms with Crippen molar-refractivity contribution < 1.29 is 18.3 Å². The predicted octanol–water partition coefficient (Wildman–Crippen LogP) is 4.10. The van der Waals surface area contributed by atoms with Crippen molar-refractivity contribution in [3.8, 4) is 0 Å². The maximum absolute atomic E-state index is 12.9. The molecule has 1 aliphatic rings. The molecule has 1 heterocycles. The van der Waals surface area contributed by atoms with Gasteiger partial charge in [0.25, 0.3) is 0 Å². The number of nitrogens with one attached hydrogen (secondary N) is 1. The van der Waals surface area contributed by atoms with Crippen LogP contribution in [0.2, 0.25) is 0 Å². The second-order valence-electron chi connectivity index (χ2n) is 7.08. The van der Waals surface area contributed by atoms with Crippen LogP contribution in [0.4, 0.5) is 18.9 Å². The first-order valence-corrected chi connectivity index (χ1v) is 8.68. The lowest BCUT2D eigenvalue weighted by molar-refractivity contribution is -0.137. The average Bonchev–Trinajstić information content (AvgIpc) is 3.01. The fourth-order valence-electron chi connectivity index (χ4n) is 3.42. The summed E-state index contributed by atoms with van der Waals surface area (Å²) >= 11 is 0. The lowest BCUT2D eigenvalue weighted by atomic mass is 9.93. The summed E-state index contributed by atoms with van der Waals surface area (Å²) in [5, 5.41) is 14.2. The van der Waals surface area contributed by atoms with E-state index >= 15 is 0 Å². The highest BCUT2D eigenvalue weighted by atomic mass is 19.4. The summed E-state index contributed by atoms with van der Waals surface area (Å²) in [4.78, 5) is 2.08. The first kappa shape index (κ1) is 18.7. The quantitative estimate of drug-likeness (QED) is 0.839. The molecular formula is C20H23F3N2O. The minimum Gasteiger partial charge on any atom is -0.384 e. The van der Waals surface area contributed by atoms with Gasteiger partial charge < -0.3 is 10.4 Å². The van der Waals surface area contributed by atoms with Gasteiger partial charge in [-0.2, -0.15) is 13.2 Å². The van der Waals surface area contributed by atoms with Gasteiger partial charge in [0.15, 0.2) is 0 Å². The van der Waals surface area contributed by atoms with Crippen LogP contribution in [0.1, 0.15) is 24.5 Å². The van der Waals surface area contributed by atoms with Gasteiger partial charge in [0.1, 0.15) is 0 Å². The van der Waals surface area contributed by atoms with Gasteiger partial charge in [0.2, 0.25) is 0 Å². The minimum absolute atomic E-state index is 0.259. The number of para-hydroxylation sites is 1. The number of rotatable bonds is 5. The summed E-state index contributed by atoms with van der Waals surface area (Å²) in [7, 11) is 0. The van der Waals surface area contributed by atoms with Crippen molar-refractivity contribution in [3.63, 3.8) is 0 Å². The monoisotopic (exact) mass is 364 g/mol. The first-order chi connectivity index (χ1) is 12.2. The highest BCUT2D eigenvalue weighted by Crippen LogP contribution is 2.32. The fourth-order valence-corrected chi connectivity index (χ4v) is 3.42. The highest BCUT2D eigenvalue weighted by Gasteiger charge is 2.34. The minimum atomic E-state index is -4.41. The molecule has 2 aromatic rings. The number of likely N-dealkylation sites (tertiary alicyclic amines) is 1. The van der Waals surface area contributed by atoms with Gasteiger partial charge in [-0.05, 0) is 43.2 Å². The summed E-state index contributed by atoms with van der Waals surface area (Å²) in [6.45, 7) is 3.39. The summed E-state index contributed by atoms with van der Waals surface area (Å²) < 4.78 is 38.8. The lowest BCUT2D eigenvalue weighted by Crippen LogP contribution is -2.39. The van der Waals surface area contributed by atoms with Gasteiger partial charge in [-0.3, -0.25) is 4.90 Å². The van der Waals surface area contributed by atoms with E-state index in [1.54, 1.807) is 13.0 Å². The van der Waals surface area contributed by atoms with Gasteiger partial charge >= 0.3 is 6.18 Å². The van der Waals surface area contributed by atoms with Crippen LogP contribution >= 0.6 is 0 Å². The molecule has 0 aliphatic carbocycles. The molecule has 0 saturated carbocycles. The van der Waals surface area contributed by atoms with Gasteiger partial charge in [0.05, 0.1) is 11.2 Å². The molecule has 0 radical (unpaired) electrons. The summed E-state index contributed by atoms with van der Waals surface area (Å²) in [6.07, 6.45) is -3.49. The van der Waals surface area contributed by atoms with E-state index in [9.17, 15) is 18.3 Å². The Bertz CT molecular complexity index is 731. The largest absolute Gasteiger partial charge is 0.416 e. The van der Waals surface area contributed by atoms with E-state index in [0.29, 0.717) is 6.54 Å². The summed E-state index contributed by atoms with van der Waals surface area (Å²) in [6, 6.07) is 15.1. The van der Waals surface area contributed by atoms with Crippen LogP contribution < -0.4 is 5.32 Å². The zero-order valence-electron chi connectivity index (χ0n) is 14.6. The molecule has 1 fully saturated rings. The van der Waals surface area contributed by atoms with Crippen molar-refractivity contribution in [2.24, 2.45) is 0 Å². The first-order valence-electron chi connectivity index (χ1n) is 8.68. The maximum Gasteiger partial charge on any atom is 0.416 e. The van der Waals surface area contributed by atoms with Gasteiger partial charge in [-0.15, -0.1) is 0 Å². The number of benzene rings is 2. The van der Waals surface area contributed by atoms with Crippen LogP contribution in [0.5, 0.6) is 0 Å². The van der Waals surface area contributed by atoms with E-state index in [0.717, 1.165) is 37.3 Å². The SMILES string of the molecule is C[C@](O)(CN1CC[C@H](Nc2ccccc2)C1)c1cccc(C(F)(F)F)c1.